The molecule has 9 nitrogen and oxygen atoms in total. The van der Waals surface area contributed by atoms with Gasteiger partial charge >= 0.3 is 0 Å². The average Bonchev–Trinajstić information content (AvgIpc) is 3.20. The van der Waals surface area contributed by atoms with Gasteiger partial charge in [0.1, 0.15) is 18.1 Å². The van der Waals surface area contributed by atoms with Crippen LogP contribution in [0.2, 0.25) is 5.02 Å². The van der Waals surface area contributed by atoms with Crippen LogP contribution < -0.4 is 0 Å². The maximum atomic E-state index is 12.8. The van der Waals surface area contributed by atoms with E-state index >= 15 is 0 Å². The van der Waals surface area contributed by atoms with Gasteiger partial charge in [0.15, 0.2) is 0 Å². The molecule has 11 heteroatoms. The van der Waals surface area contributed by atoms with Crippen LogP contribution in [-0.4, -0.2) is 51.4 Å². The second kappa shape index (κ2) is 9.80. The van der Waals surface area contributed by atoms with Crippen LogP contribution in [0.3, 0.4) is 0 Å². The van der Waals surface area contributed by atoms with Gasteiger partial charge in [-0.3, -0.25) is 29.4 Å². The molecule has 3 heterocycles. The fraction of sp³-hybridized carbons (Fsp3) is 0.318. The molecule has 0 N–H and O–H groups in total. The molecular formula is C22H20ClN3O6S. The van der Waals surface area contributed by atoms with Gasteiger partial charge in [-0.1, -0.05) is 24.4 Å². The van der Waals surface area contributed by atoms with E-state index in [1.165, 1.54) is 24.3 Å². The minimum absolute atomic E-state index is 0.140. The van der Waals surface area contributed by atoms with Crippen molar-refractivity contribution in [1.82, 2.24) is 9.80 Å². The molecule has 2 aromatic rings. The zero-order chi connectivity index (χ0) is 23.5. The zero-order valence-electron chi connectivity index (χ0n) is 17.5. The lowest BCUT2D eigenvalue weighted by Gasteiger charge is -2.22. The minimum atomic E-state index is -0.545. The third kappa shape index (κ3) is 5.12. The topological polar surface area (TPSA) is 114 Å². The van der Waals surface area contributed by atoms with Crippen molar-refractivity contribution in [2.75, 3.05) is 19.6 Å². The number of thioether (sulfide) groups is 1. The highest BCUT2D eigenvalue weighted by atomic mass is 35.5. The van der Waals surface area contributed by atoms with Crippen molar-refractivity contribution in [3.05, 3.63) is 56.1 Å². The highest BCUT2D eigenvalue weighted by Gasteiger charge is 2.37. The Hall–Kier alpha value is -3.11. The number of likely N-dealkylation sites (tertiary alicyclic amines) is 1. The van der Waals surface area contributed by atoms with Crippen LogP contribution in [-0.2, 0) is 9.59 Å². The van der Waals surface area contributed by atoms with Crippen molar-refractivity contribution in [3.8, 4) is 11.3 Å². The van der Waals surface area contributed by atoms with Crippen LogP contribution >= 0.6 is 23.4 Å². The molecule has 2 saturated heterocycles. The summed E-state index contributed by atoms with van der Waals surface area (Å²) in [6.45, 7) is 1.01. The van der Waals surface area contributed by atoms with Gasteiger partial charge in [-0.25, -0.2) is 0 Å². The van der Waals surface area contributed by atoms with E-state index in [1.54, 1.807) is 17.0 Å². The predicted molar refractivity (Wildman–Crippen MR) is 124 cm³/mol. The molecule has 33 heavy (non-hydrogen) atoms. The van der Waals surface area contributed by atoms with Gasteiger partial charge in [0.2, 0.25) is 5.91 Å². The van der Waals surface area contributed by atoms with Crippen LogP contribution in [0.1, 0.15) is 31.4 Å². The standard InChI is InChI=1S/C22H20ClN3O6S/c23-17-11-14(26(30)31)5-7-16(17)18-8-6-15(32-18)12-19-21(28)25(22(29)33-19)13-20(27)24-9-3-1-2-4-10-24/h5-8,11-12H,1-4,9-10,13H2. The smallest absolute Gasteiger partial charge is 0.294 e. The largest absolute Gasteiger partial charge is 0.457 e. The van der Waals surface area contributed by atoms with E-state index in [0.717, 1.165) is 42.3 Å². The number of carbonyl (C=O) groups excluding carboxylic acids is 3. The molecule has 2 aliphatic heterocycles. The maximum absolute atomic E-state index is 12.8. The summed E-state index contributed by atoms with van der Waals surface area (Å²) >= 11 is 6.90. The Morgan fingerprint density at radius 3 is 2.55 bits per heavy atom. The summed E-state index contributed by atoms with van der Waals surface area (Å²) in [4.78, 5) is 50.9. The molecule has 0 atom stereocenters. The molecule has 172 valence electrons. The molecule has 1 aromatic heterocycles. The molecule has 2 fully saturated rings. The number of nitrogens with zero attached hydrogens (tertiary/aromatic N) is 3. The molecule has 4 rings (SSSR count). The van der Waals surface area contributed by atoms with Gasteiger partial charge in [0, 0.05) is 36.9 Å². The first-order chi connectivity index (χ1) is 15.8. The molecule has 0 bridgehead atoms. The van der Waals surface area contributed by atoms with Crippen molar-refractivity contribution in [2.24, 2.45) is 0 Å². The summed E-state index contributed by atoms with van der Waals surface area (Å²) < 4.78 is 5.72. The van der Waals surface area contributed by atoms with Gasteiger partial charge in [0.25, 0.3) is 16.8 Å². The molecule has 0 aliphatic carbocycles. The number of benzene rings is 1. The Morgan fingerprint density at radius 2 is 1.88 bits per heavy atom. The molecule has 1 aromatic carbocycles. The second-order valence-corrected chi connectivity index (χ2v) is 9.09. The number of hydrogen-bond donors (Lipinski definition) is 0. The third-order valence-corrected chi connectivity index (χ3v) is 6.67. The number of halogens is 1. The SMILES string of the molecule is O=C(CN1C(=O)SC(=Cc2ccc(-c3ccc([N+](=O)[O-])cc3Cl)o2)C1=O)N1CCCCCC1. The van der Waals surface area contributed by atoms with E-state index in [4.69, 9.17) is 16.0 Å². The fourth-order valence-electron chi connectivity index (χ4n) is 3.71. The van der Waals surface area contributed by atoms with E-state index in [1.807, 2.05) is 0 Å². The Morgan fingerprint density at radius 1 is 1.15 bits per heavy atom. The van der Waals surface area contributed by atoms with Gasteiger partial charge in [-0.15, -0.1) is 0 Å². The number of hydrogen-bond acceptors (Lipinski definition) is 7. The summed E-state index contributed by atoms with van der Waals surface area (Å²) in [5, 5.41) is 10.5. The minimum Gasteiger partial charge on any atom is -0.457 e. The van der Waals surface area contributed by atoms with Gasteiger partial charge < -0.3 is 9.32 Å². The van der Waals surface area contributed by atoms with E-state index in [9.17, 15) is 24.5 Å². The molecule has 0 saturated carbocycles. The Bertz CT molecular complexity index is 1150. The highest BCUT2D eigenvalue weighted by Crippen LogP contribution is 2.35. The van der Waals surface area contributed by atoms with E-state index in [-0.39, 0.29) is 28.1 Å². The number of carbonyl (C=O) groups is 3. The van der Waals surface area contributed by atoms with Crippen molar-refractivity contribution >= 4 is 52.2 Å². The molecular weight excluding hydrogens is 470 g/mol. The number of nitro groups is 1. The zero-order valence-corrected chi connectivity index (χ0v) is 19.1. The normalized spacial score (nSPS) is 18.2. The third-order valence-electron chi connectivity index (χ3n) is 5.45. The lowest BCUT2D eigenvalue weighted by atomic mass is 10.1. The summed E-state index contributed by atoms with van der Waals surface area (Å²) in [6.07, 6.45) is 5.43. The van der Waals surface area contributed by atoms with Gasteiger partial charge in [0.05, 0.1) is 14.9 Å². The van der Waals surface area contributed by atoms with Crippen molar-refractivity contribution in [1.29, 1.82) is 0 Å². The van der Waals surface area contributed by atoms with E-state index in [0.29, 0.717) is 30.2 Å². The first-order valence-corrected chi connectivity index (χ1v) is 11.6. The van der Waals surface area contributed by atoms with E-state index < -0.39 is 16.1 Å². The van der Waals surface area contributed by atoms with E-state index in [2.05, 4.69) is 0 Å². The number of furan rings is 1. The van der Waals surface area contributed by atoms with Crippen molar-refractivity contribution in [2.45, 2.75) is 25.7 Å². The average molecular weight is 490 g/mol. The van der Waals surface area contributed by atoms with Crippen LogP contribution in [0, 0.1) is 10.1 Å². The van der Waals surface area contributed by atoms with Crippen LogP contribution in [0.5, 0.6) is 0 Å². The summed E-state index contributed by atoms with van der Waals surface area (Å²) in [5.74, 6) is -0.103. The Balaban J connectivity index is 1.47. The van der Waals surface area contributed by atoms with Crippen molar-refractivity contribution < 1.29 is 23.7 Å². The lowest BCUT2D eigenvalue weighted by Crippen LogP contribution is -2.42. The first-order valence-electron chi connectivity index (χ1n) is 10.4. The Kier molecular flexibility index (Phi) is 6.85. The number of rotatable bonds is 5. The number of non-ortho nitro benzene ring substituents is 1. The Labute approximate surface area is 198 Å². The van der Waals surface area contributed by atoms with Crippen LogP contribution in [0.4, 0.5) is 10.5 Å². The number of nitro benzene ring substituents is 1. The van der Waals surface area contributed by atoms with Crippen LogP contribution in [0.15, 0.2) is 39.7 Å². The molecule has 0 radical (unpaired) electrons. The predicted octanol–water partition coefficient (Wildman–Crippen LogP) is 4.95. The van der Waals surface area contributed by atoms with Gasteiger partial charge in [-0.05, 0) is 42.8 Å². The number of imide groups is 1. The fourth-order valence-corrected chi connectivity index (χ4v) is 4.80. The molecule has 0 unspecified atom stereocenters. The molecule has 2 aliphatic rings. The lowest BCUT2D eigenvalue weighted by molar-refractivity contribution is -0.384. The summed E-state index contributed by atoms with van der Waals surface area (Å²) in [6, 6.07) is 7.24. The summed E-state index contributed by atoms with van der Waals surface area (Å²) in [5.41, 5.74) is 0.317. The first kappa shape index (κ1) is 23.1. The molecule has 3 amide bonds. The van der Waals surface area contributed by atoms with Crippen molar-refractivity contribution in [3.63, 3.8) is 0 Å². The maximum Gasteiger partial charge on any atom is 0.294 e. The summed E-state index contributed by atoms with van der Waals surface area (Å²) in [7, 11) is 0. The second-order valence-electron chi connectivity index (χ2n) is 7.69. The highest BCUT2D eigenvalue weighted by molar-refractivity contribution is 8.18. The quantitative estimate of drug-likeness (QED) is 0.331. The van der Waals surface area contributed by atoms with Crippen LogP contribution in [0.25, 0.3) is 17.4 Å². The van der Waals surface area contributed by atoms with Gasteiger partial charge in [-0.2, -0.15) is 0 Å². The number of amides is 3. The monoisotopic (exact) mass is 489 g/mol. The molecule has 0 spiro atoms.